The van der Waals surface area contributed by atoms with Gasteiger partial charge in [0, 0.05) is 17.9 Å². The first-order valence-electron chi connectivity index (χ1n) is 12.1. The van der Waals surface area contributed by atoms with E-state index in [1.807, 2.05) is 6.08 Å². The molecule has 0 aromatic carbocycles. The molecule has 31 heavy (non-hydrogen) atoms. The van der Waals surface area contributed by atoms with Gasteiger partial charge < -0.3 is 13.6 Å². The lowest BCUT2D eigenvalue weighted by Gasteiger charge is -2.56. The molecule has 0 unspecified atom stereocenters. The standard InChI is InChI=1S/C25H46O4Si2/c1-22(2,3)30(8,9)27-17-18-12-15-21(29-31(10,11)23(4,5)6)24(7)16-19-13-14-20(26)25(18,24)28-19/h13-14,18-19,21H,12,15-17H2,1-11H3/t18-,19+,21+,24-,25+/m1/s1. The molecule has 2 aliphatic heterocycles. The van der Waals surface area contributed by atoms with Crippen LogP contribution in [0.4, 0.5) is 0 Å². The van der Waals surface area contributed by atoms with Gasteiger partial charge in [-0.1, -0.05) is 54.5 Å². The van der Waals surface area contributed by atoms with Crippen LogP contribution < -0.4 is 0 Å². The highest BCUT2D eigenvalue weighted by atomic mass is 28.4. The maximum absolute atomic E-state index is 13.6. The van der Waals surface area contributed by atoms with E-state index in [9.17, 15) is 4.79 Å². The van der Waals surface area contributed by atoms with Crippen LogP contribution in [-0.2, 0) is 18.4 Å². The number of ether oxygens (including phenoxy) is 1. The van der Waals surface area contributed by atoms with Crippen molar-refractivity contribution < 1.29 is 18.4 Å². The summed E-state index contributed by atoms with van der Waals surface area (Å²) in [6.07, 6.45) is 6.54. The Morgan fingerprint density at radius 3 is 2.16 bits per heavy atom. The van der Waals surface area contributed by atoms with Crippen LogP contribution in [0.25, 0.3) is 0 Å². The molecular formula is C25H46O4Si2. The van der Waals surface area contributed by atoms with Gasteiger partial charge in [0.2, 0.25) is 0 Å². The van der Waals surface area contributed by atoms with Gasteiger partial charge in [0.05, 0.1) is 12.2 Å². The number of hydrogen-bond acceptors (Lipinski definition) is 4. The fourth-order valence-electron chi connectivity index (χ4n) is 5.21. The van der Waals surface area contributed by atoms with E-state index in [2.05, 4.69) is 74.7 Å². The van der Waals surface area contributed by atoms with Crippen LogP contribution >= 0.6 is 0 Å². The predicted octanol–water partition coefficient (Wildman–Crippen LogP) is 6.48. The number of rotatable bonds is 5. The maximum atomic E-state index is 13.6. The van der Waals surface area contributed by atoms with Crippen LogP contribution in [0.3, 0.4) is 0 Å². The molecule has 0 aromatic rings. The summed E-state index contributed by atoms with van der Waals surface area (Å²) in [5.74, 6) is 0.199. The minimum Gasteiger partial charge on any atom is -0.416 e. The van der Waals surface area contributed by atoms with Gasteiger partial charge in [-0.05, 0) is 61.6 Å². The van der Waals surface area contributed by atoms with Crippen molar-refractivity contribution in [3.63, 3.8) is 0 Å². The second kappa shape index (κ2) is 7.62. The number of fused-ring (bicyclic) bond motifs is 1. The second-order valence-electron chi connectivity index (χ2n) is 13.4. The minimum atomic E-state index is -1.98. The highest BCUT2D eigenvalue weighted by molar-refractivity contribution is 6.74. The minimum absolute atomic E-state index is 0.00156. The molecule has 1 spiro atoms. The number of ketones is 1. The quantitative estimate of drug-likeness (QED) is 0.435. The molecule has 2 fully saturated rings. The fraction of sp³-hybridized carbons (Fsp3) is 0.880. The number of carbonyl (C=O) groups is 1. The summed E-state index contributed by atoms with van der Waals surface area (Å²) in [4.78, 5) is 13.6. The molecule has 0 aromatic heterocycles. The summed E-state index contributed by atoms with van der Waals surface area (Å²) >= 11 is 0. The van der Waals surface area contributed by atoms with Crippen molar-refractivity contribution in [3.05, 3.63) is 12.2 Å². The van der Waals surface area contributed by atoms with E-state index in [0.29, 0.717) is 6.61 Å². The molecule has 0 radical (unpaired) electrons. The largest absolute Gasteiger partial charge is 0.416 e. The Bertz CT molecular complexity index is 746. The topological polar surface area (TPSA) is 44.8 Å². The van der Waals surface area contributed by atoms with Gasteiger partial charge in [-0.2, -0.15) is 0 Å². The van der Waals surface area contributed by atoms with Gasteiger partial charge in [-0.15, -0.1) is 0 Å². The fourth-order valence-corrected chi connectivity index (χ4v) is 7.70. The Morgan fingerprint density at radius 2 is 1.61 bits per heavy atom. The molecule has 2 heterocycles. The van der Waals surface area contributed by atoms with Gasteiger partial charge in [0.15, 0.2) is 22.4 Å². The predicted molar refractivity (Wildman–Crippen MR) is 132 cm³/mol. The van der Waals surface area contributed by atoms with E-state index in [4.69, 9.17) is 13.6 Å². The monoisotopic (exact) mass is 466 g/mol. The van der Waals surface area contributed by atoms with Crippen LogP contribution in [0, 0.1) is 11.3 Å². The lowest BCUT2D eigenvalue weighted by atomic mass is 9.56. The zero-order valence-electron chi connectivity index (χ0n) is 21.8. The van der Waals surface area contributed by atoms with Crippen LogP contribution in [0.1, 0.15) is 67.7 Å². The molecule has 1 saturated heterocycles. The third kappa shape index (κ3) is 3.98. The van der Waals surface area contributed by atoms with Crippen LogP contribution in [0.2, 0.25) is 36.3 Å². The van der Waals surface area contributed by atoms with Crippen molar-refractivity contribution in [2.75, 3.05) is 6.61 Å². The van der Waals surface area contributed by atoms with E-state index in [1.54, 1.807) is 6.08 Å². The summed E-state index contributed by atoms with van der Waals surface area (Å²) in [6.45, 7) is 25.7. The first kappa shape index (κ1) is 25.3. The Kier molecular flexibility index (Phi) is 6.23. The first-order valence-corrected chi connectivity index (χ1v) is 17.9. The first-order chi connectivity index (χ1) is 13.9. The summed E-state index contributed by atoms with van der Waals surface area (Å²) < 4.78 is 20.3. The van der Waals surface area contributed by atoms with Crippen LogP contribution in [0.5, 0.6) is 0 Å². The second-order valence-corrected chi connectivity index (χ2v) is 23.0. The Hall–Kier alpha value is -0.276. The molecule has 5 atom stereocenters. The highest BCUT2D eigenvalue weighted by Crippen LogP contribution is 2.61. The van der Waals surface area contributed by atoms with E-state index in [-0.39, 0.29) is 39.4 Å². The smallest absolute Gasteiger partial charge is 0.192 e. The molecule has 1 aliphatic carbocycles. The highest BCUT2D eigenvalue weighted by Gasteiger charge is 2.70. The molecule has 2 bridgehead atoms. The zero-order valence-corrected chi connectivity index (χ0v) is 23.8. The SMILES string of the molecule is CC(C)(C)[Si](C)(C)OC[C@H]1CC[C@H](O[Si](C)(C)C(C)(C)C)[C@@]2(C)C[C@@H]3C=CC(=O)[C@@]12O3. The van der Waals surface area contributed by atoms with Gasteiger partial charge in [-0.3, -0.25) is 4.79 Å². The molecule has 6 heteroatoms. The third-order valence-electron chi connectivity index (χ3n) is 9.40. The normalized spacial score (nSPS) is 36.6. The van der Waals surface area contributed by atoms with Crippen molar-refractivity contribution >= 4 is 22.4 Å². The molecule has 178 valence electrons. The molecule has 1 saturated carbocycles. The zero-order chi connectivity index (χ0) is 23.7. The van der Waals surface area contributed by atoms with Crippen LogP contribution in [0.15, 0.2) is 12.2 Å². The average Bonchev–Trinajstić information content (AvgIpc) is 2.86. The van der Waals surface area contributed by atoms with Crippen molar-refractivity contribution in [2.24, 2.45) is 11.3 Å². The Labute approximate surface area is 192 Å². The van der Waals surface area contributed by atoms with Crippen molar-refractivity contribution in [2.45, 2.75) is 122 Å². The maximum Gasteiger partial charge on any atom is 0.192 e. The van der Waals surface area contributed by atoms with Crippen molar-refractivity contribution in [1.82, 2.24) is 0 Å². The number of carbonyl (C=O) groups excluding carboxylic acids is 1. The average molecular weight is 467 g/mol. The summed E-state index contributed by atoms with van der Waals surface area (Å²) in [5, 5.41) is 0.280. The molecule has 0 N–H and O–H groups in total. The van der Waals surface area contributed by atoms with E-state index >= 15 is 0 Å². The van der Waals surface area contributed by atoms with Crippen molar-refractivity contribution in [1.29, 1.82) is 0 Å². The van der Waals surface area contributed by atoms with Gasteiger partial charge >= 0.3 is 0 Å². The van der Waals surface area contributed by atoms with E-state index in [1.165, 1.54) is 0 Å². The van der Waals surface area contributed by atoms with Gasteiger partial charge in [-0.25, -0.2) is 0 Å². The number of hydrogen-bond donors (Lipinski definition) is 0. The Balaban J connectivity index is 1.94. The van der Waals surface area contributed by atoms with Crippen molar-refractivity contribution in [3.8, 4) is 0 Å². The molecule has 3 aliphatic rings. The van der Waals surface area contributed by atoms with E-state index < -0.39 is 22.2 Å². The third-order valence-corrected chi connectivity index (χ3v) is 18.4. The van der Waals surface area contributed by atoms with Gasteiger partial charge in [0.25, 0.3) is 0 Å². The van der Waals surface area contributed by atoms with E-state index in [0.717, 1.165) is 19.3 Å². The summed E-state index contributed by atoms with van der Waals surface area (Å²) in [5.41, 5.74) is -1.15. The molecule has 3 rings (SSSR count). The summed E-state index contributed by atoms with van der Waals surface area (Å²) in [6, 6.07) is 0. The Morgan fingerprint density at radius 1 is 1.03 bits per heavy atom. The lowest BCUT2D eigenvalue weighted by Crippen LogP contribution is -2.66. The molecule has 4 nitrogen and oxygen atoms in total. The summed E-state index contributed by atoms with van der Waals surface area (Å²) in [7, 11) is -3.89. The van der Waals surface area contributed by atoms with Crippen LogP contribution in [-0.4, -0.2) is 46.8 Å². The lowest BCUT2D eigenvalue weighted by molar-refractivity contribution is -0.188. The molecule has 0 amide bonds. The molecular weight excluding hydrogens is 420 g/mol. The van der Waals surface area contributed by atoms with Gasteiger partial charge in [0.1, 0.15) is 5.60 Å².